The van der Waals surface area contributed by atoms with E-state index in [1.807, 2.05) is 65.3 Å². The van der Waals surface area contributed by atoms with Crippen LogP contribution < -0.4 is 10.2 Å². The lowest BCUT2D eigenvalue weighted by Crippen LogP contribution is -2.46. The molecule has 3 heterocycles. The highest BCUT2D eigenvalue weighted by atomic mass is 16.5. The number of nitrogens with one attached hydrogen (secondary N) is 1. The van der Waals surface area contributed by atoms with Crippen molar-refractivity contribution >= 4 is 40.5 Å². The molecule has 0 fully saturated rings. The first-order valence-corrected chi connectivity index (χ1v) is 14.9. The molecular weight excluding hydrogens is 548 g/mol. The second-order valence-corrected chi connectivity index (χ2v) is 10.7. The minimum atomic E-state index is -0.347. The van der Waals surface area contributed by atoms with Crippen LogP contribution >= 0.6 is 0 Å². The molecule has 0 radical (unpaired) electrons. The van der Waals surface area contributed by atoms with Crippen molar-refractivity contribution in [3.8, 4) is 5.69 Å². The molecule has 1 aromatic heterocycles. The maximum Gasteiger partial charge on any atom is 0.338 e. The number of nitrogens with zero attached hydrogens (tertiary/aromatic N) is 5. The van der Waals surface area contributed by atoms with E-state index in [-0.39, 0.29) is 12.0 Å². The molecule has 0 unspecified atom stereocenters. The van der Waals surface area contributed by atoms with Crippen molar-refractivity contribution < 1.29 is 9.53 Å². The third-order valence-corrected chi connectivity index (χ3v) is 8.00. The summed E-state index contributed by atoms with van der Waals surface area (Å²) in [5.41, 5.74) is 8.41. The van der Waals surface area contributed by atoms with Crippen molar-refractivity contribution in [2.24, 2.45) is 9.98 Å². The second-order valence-electron chi connectivity index (χ2n) is 10.7. The van der Waals surface area contributed by atoms with Crippen LogP contribution in [0.15, 0.2) is 113 Å². The molecule has 0 saturated heterocycles. The number of anilines is 2. The van der Waals surface area contributed by atoms with E-state index in [9.17, 15) is 4.79 Å². The van der Waals surface area contributed by atoms with E-state index in [4.69, 9.17) is 19.8 Å². The highest BCUT2D eigenvalue weighted by Gasteiger charge is 2.41. The Balaban J connectivity index is 1.41. The first-order chi connectivity index (χ1) is 21.6. The SMILES string of the molecule is CCOC(=O)c1ccc(NC2=Nc3ccccc3N3C2=Nc2c(c(C)nn2-c2ccccc2)[C@H]3c2ccc(CC)cc2)cc1. The summed E-state index contributed by atoms with van der Waals surface area (Å²) < 4.78 is 7.09. The molecule has 4 aromatic carbocycles. The van der Waals surface area contributed by atoms with Crippen LogP contribution in [0, 0.1) is 6.92 Å². The third kappa shape index (κ3) is 4.74. The predicted molar refractivity (Wildman–Crippen MR) is 175 cm³/mol. The number of benzene rings is 4. The van der Waals surface area contributed by atoms with Crippen LogP contribution in [0.3, 0.4) is 0 Å². The summed E-state index contributed by atoms with van der Waals surface area (Å²) in [6, 6.07) is 34.1. The number of para-hydroxylation sites is 3. The van der Waals surface area contributed by atoms with Gasteiger partial charge in [-0.3, -0.25) is 0 Å². The molecule has 0 spiro atoms. The molecule has 44 heavy (non-hydrogen) atoms. The normalized spacial score (nSPS) is 15.0. The predicted octanol–water partition coefficient (Wildman–Crippen LogP) is 7.72. The van der Waals surface area contributed by atoms with Gasteiger partial charge in [0.2, 0.25) is 0 Å². The zero-order valence-electron chi connectivity index (χ0n) is 24.9. The van der Waals surface area contributed by atoms with Crippen molar-refractivity contribution in [3.05, 3.63) is 131 Å². The second kappa shape index (κ2) is 11.3. The van der Waals surface area contributed by atoms with E-state index < -0.39 is 0 Å². The summed E-state index contributed by atoms with van der Waals surface area (Å²) >= 11 is 0. The zero-order chi connectivity index (χ0) is 30.2. The van der Waals surface area contributed by atoms with Crippen molar-refractivity contribution in [1.82, 2.24) is 9.78 Å². The topological polar surface area (TPSA) is 84.1 Å². The van der Waals surface area contributed by atoms with Crippen LogP contribution in [-0.2, 0) is 11.2 Å². The molecule has 218 valence electrons. The number of hydrogen-bond donors (Lipinski definition) is 1. The van der Waals surface area contributed by atoms with Gasteiger partial charge in [0.25, 0.3) is 0 Å². The Hall–Kier alpha value is -5.50. The Kier molecular flexibility index (Phi) is 7.02. The van der Waals surface area contributed by atoms with Crippen molar-refractivity contribution in [2.75, 3.05) is 16.8 Å². The van der Waals surface area contributed by atoms with E-state index in [1.54, 1.807) is 19.1 Å². The smallest absolute Gasteiger partial charge is 0.338 e. The van der Waals surface area contributed by atoms with Crippen LogP contribution in [0.5, 0.6) is 0 Å². The molecule has 2 aliphatic rings. The maximum absolute atomic E-state index is 12.2. The Morgan fingerprint density at radius 2 is 1.59 bits per heavy atom. The first kappa shape index (κ1) is 27.3. The minimum absolute atomic E-state index is 0.194. The highest BCUT2D eigenvalue weighted by Crippen LogP contribution is 2.48. The fraction of sp³-hybridized carbons (Fsp3) is 0.167. The van der Waals surface area contributed by atoms with Crippen LogP contribution in [0.2, 0.25) is 0 Å². The summed E-state index contributed by atoms with van der Waals surface area (Å²) in [6.45, 7) is 6.35. The van der Waals surface area contributed by atoms with Gasteiger partial charge < -0.3 is 15.0 Å². The van der Waals surface area contributed by atoms with Crippen LogP contribution in [-0.4, -0.2) is 34.0 Å². The average molecular weight is 581 g/mol. The number of amidine groups is 2. The Bertz CT molecular complexity index is 1910. The number of ether oxygens (including phenoxy) is 1. The van der Waals surface area contributed by atoms with Gasteiger partial charge in [-0.2, -0.15) is 5.10 Å². The fourth-order valence-corrected chi connectivity index (χ4v) is 5.84. The number of aromatic nitrogens is 2. The number of aryl methyl sites for hydroxylation is 2. The number of fused-ring (bicyclic) bond motifs is 4. The number of carbonyl (C=O) groups is 1. The van der Waals surface area contributed by atoms with E-state index in [2.05, 4.69) is 54.4 Å². The number of aliphatic imine (C=N–C) groups is 2. The molecular formula is C36H32N6O2. The van der Waals surface area contributed by atoms with E-state index in [0.717, 1.165) is 51.8 Å². The molecule has 8 heteroatoms. The summed E-state index contributed by atoms with van der Waals surface area (Å²) in [4.78, 5) is 24.9. The quantitative estimate of drug-likeness (QED) is 0.208. The zero-order valence-corrected chi connectivity index (χ0v) is 24.9. The van der Waals surface area contributed by atoms with Gasteiger partial charge in [-0.05, 0) is 79.9 Å². The molecule has 1 atom stereocenters. The molecule has 5 aromatic rings. The lowest BCUT2D eigenvalue weighted by molar-refractivity contribution is 0.0526. The summed E-state index contributed by atoms with van der Waals surface area (Å²) in [6.07, 6.45) is 0.968. The molecule has 0 bridgehead atoms. The highest BCUT2D eigenvalue weighted by molar-refractivity contribution is 6.51. The maximum atomic E-state index is 12.2. The van der Waals surface area contributed by atoms with E-state index in [0.29, 0.717) is 23.8 Å². The number of hydrogen-bond acceptors (Lipinski definition) is 7. The Morgan fingerprint density at radius 3 is 2.32 bits per heavy atom. The third-order valence-electron chi connectivity index (χ3n) is 8.00. The van der Waals surface area contributed by atoms with Gasteiger partial charge in [-0.15, -0.1) is 0 Å². The molecule has 0 aliphatic carbocycles. The molecule has 2 aliphatic heterocycles. The average Bonchev–Trinajstić information content (AvgIpc) is 3.40. The van der Waals surface area contributed by atoms with E-state index >= 15 is 0 Å². The van der Waals surface area contributed by atoms with Crippen LogP contribution in [0.4, 0.5) is 22.9 Å². The monoisotopic (exact) mass is 580 g/mol. The Morgan fingerprint density at radius 1 is 0.864 bits per heavy atom. The largest absolute Gasteiger partial charge is 0.462 e. The lowest BCUT2D eigenvalue weighted by Gasteiger charge is -2.40. The lowest BCUT2D eigenvalue weighted by atomic mass is 9.92. The molecule has 0 saturated carbocycles. The van der Waals surface area contributed by atoms with Crippen LogP contribution in [0.1, 0.15) is 52.6 Å². The number of carbonyl (C=O) groups excluding carboxylic acids is 1. The van der Waals surface area contributed by atoms with Crippen LogP contribution in [0.25, 0.3) is 5.69 Å². The summed E-state index contributed by atoms with van der Waals surface area (Å²) in [5.74, 6) is 1.72. The van der Waals surface area contributed by atoms with Gasteiger partial charge in [0.15, 0.2) is 17.5 Å². The molecule has 0 amide bonds. The number of rotatable bonds is 6. The van der Waals surface area contributed by atoms with Crippen molar-refractivity contribution in [2.45, 2.75) is 33.2 Å². The molecule has 7 rings (SSSR count). The number of esters is 1. The van der Waals surface area contributed by atoms with Gasteiger partial charge in [-0.1, -0.05) is 61.5 Å². The fourth-order valence-electron chi connectivity index (χ4n) is 5.84. The van der Waals surface area contributed by atoms with Crippen molar-refractivity contribution in [1.29, 1.82) is 0 Å². The molecule has 1 N–H and O–H groups in total. The van der Waals surface area contributed by atoms with Gasteiger partial charge in [0, 0.05) is 11.3 Å². The van der Waals surface area contributed by atoms with Gasteiger partial charge >= 0.3 is 5.97 Å². The first-order valence-electron chi connectivity index (χ1n) is 14.9. The standard InChI is InChI=1S/C36H32N6O2/c1-4-24-15-17-25(18-16-24)32-31-23(3)40-42(28-11-7-6-8-12-28)34(31)39-35-33(38-29-13-9-10-14-30(29)41(32)35)37-27-21-19-26(20-22-27)36(43)44-5-2/h6-22,32H,4-5H2,1-3H3,(H,37,38)/t32-/m1/s1. The van der Waals surface area contributed by atoms with Gasteiger partial charge in [0.1, 0.15) is 0 Å². The summed E-state index contributed by atoms with van der Waals surface area (Å²) in [5, 5.41) is 8.52. The van der Waals surface area contributed by atoms with Gasteiger partial charge in [-0.25, -0.2) is 19.5 Å². The molecule has 8 nitrogen and oxygen atoms in total. The Labute approximate surface area is 256 Å². The minimum Gasteiger partial charge on any atom is -0.462 e. The summed E-state index contributed by atoms with van der Waals surface area (Å²) in [7, 11) is 0. The van der Waals surface area contributed by atoms with Gasteiger partial charge in [0.05, 0.1) is 41.0 Å². The van der Waals surface area contributed by atoms with E-state index in [1.165, 1.54) is 5.56 Å². The van der Waals surface area contributed by atoms with Crippen molar-refractivity contribution in [3.63, 3.8) is 0 Å².